The summed E-state index contributed by atoms with van der Waals surface area (Å²) in [7, 11) is 0. The maximum absolute atomic E-state index is 11.9. The maximum atomic E-state index is 11.9. The molecule has 0 amide bonds. The molecule has 0 N–H and O–H groups in total. The highest BCUT2D eigenvalue weighted by Gasteiger charge is 2.17. The van der Waals surface area contributed by atoms with Crippen LogP contribution in [-0.2, 0) is 20.7 Å². The Bertz CT molecular complexity index is 628. The van der Waals surface area contributed by atoms with Crippen molar-refractivity contribution in [1.29, 1.82) is 0 Å². The molecule has 0 spiro atoms. The number of nitrogens with zero attached hydrogens (tertiary/aromatic N) is 1. The van der Waals surface area contributed by atoms with Gasteiger partial charge in [0.25, 0.3) is 0 Å². The lowest BCUT2D eigenvalue weighted by Crippen LogP contribution is -2.26. The first-order valence-electron chi connectivity index (χ1n) is 7.49. The molecule has 5 nitrogen and oxygen atoms in total. The van der Waals surface area contributed by atoms with Gasteiger partial charge in [-0.3, -0.25) is 4.79 Å². The second-order valence-corrected chi connectivity index (χ2v) is 6.26. The number of esters is 1. The monoisotopic (exact) mass is 321 g/mol. The molecule has 1 saturated heterocycles. The summed E-state index contributed by atoms with van der Waals surface area (Å²) in [5, 5.41) is 2.65. The van der Waals surface area contributed by atoms with E-state index < -0.39 is 0 Å². The zero-order valence-corrected chi connectivity index (χ0v) is 13.4. The number of ether oxygens (including phenoxy) is 2. The van der Waals surface area contributed by atoms with Crippen LogP contribution in [0.15, 0.2) is 21.9 Å². The Morgan fingerprint density at radius 1 is 1.45 bits per heavy atom. The van der Waals surface area contributed by atoms with Crippen LogP contribution in [0.25, 0.3) is 10.8 Å². The topological polar surface area (TPSA) is 61.6 Å². The van der Waals surface area contributed by atoms with Crippen molar-refractivity contribution >= 4 is 17.3 Å². The van der Waals surface area contributed by atoms with Crippen LogP contribution in [0, 0.1) is 6.92 Å². The second-order valence-electron chi connectivity index (χ2n) is 5.40. The predicted molar refractivity (Wildman–Crippen MR) is 82.8 cm³/mol. The molecule has 2 aromatic heterocycles. The summed E-state index contributed by atoms with van der Waals surface area (Å²) in [6, 6.07) is 3.78. The maximum Gasteiger partial charge on any atom is 0.311 e. The quantitative estimate of drug-likeness (QED) is 0.790. The lowest BCUT2D eigenvalue weighted by Gasteiger charge is -2.21. The fourth-order valence-electron chi connectivity index (χ4n) is 2.37. The average molecular weight is 321 g/mol. The van der Waals surface area contributed by atoms with Gasteiger partial charge in [-0.15, -0.1) is 11.3 Å². The zero-order valence-electron chi connectivity index (χ0n) is 12.5. The SMILES string of the molecule is Cc1ccc(-c2nc(CC(=O)OCC3CCCCO3)cs2)o1. The second kappa shape index (κ2) is 7.07. The Morgan fingerprint density at radius 2 is 2.36 bits per heavy atom. The average Bonchev–Trinajstić information content (AvgIpc) is 3.15. The third kappa shape index (κ3) is 3.96. The number of hydrogen-bond donors (Lipinski definition) is 0. The van der Waals surface area contributed by atoms with Gasteiger partial charge in [0.1, 0.15) is 12.4 Å². The van der Waals surface area contributed by atoms with Gasteiger partial charge in [-0.25, -0.2) is 4.98 Å². The van der Waals surface area contributed by atoms with E-state index in [0.29, 0.717) is 12.3 Å². The summed E-state index contributed by atoms with van der Waals surface area (Å²) in [4.78, 5) is 16.3. The number of rotatable bonds is 5. The Balaban J connectivity index is 1.50. The molecule has 22 heavy (non-hydrogen) atoms. The molecule has 0 bridgehead atoms. The number of aryl methyl sites for hydroxylation is 1. The summed E-state index contributed by atoms with van der Waals surface area (Å²) >= 11 is 1.47. The number of hydrogen-bond acceptors (Lipinski definition) is 6. The molecule has 118 valence electrons. The standard InChI is InChI=1S/C16H19NO4S/c1-11-5-6-14(21-11)16-17-12(10-22-16)8-15(18)20-9-13-4-2-3-7-19-13/h5-6,10,13H,2-4,7-9H2,1H3. The van der Waals surface area contributed by atoms with E-state index in [9.17, 15) is 4.79 Å². The first kappa shape index (κ1) is 15.2. The fourth-order valence-corrected chi connectivity index (χ4v) is 3.15. The molecule has 1 unspecified atom stereocenters. The van der Waals surface area contributed by atoms with E-state index in [0.717, 1.165) is 42.4 Å². The zero-order chi connectivity index (χ0) is 15.4. The molecule has 0 radical (unpaired) electrons. The molecule has 1 aliphatic rings. The summed E-state index contributed by atoms with van der Waals surface area (Å²) in [6.07, 6.45) is 3.43. The molecular weight excluding hydrogens is 302 g/mol. The third-order valence-electron chi connectivity index (χ3n) is 3.53. The molecule has 0 aromatic carbocycles. The van der Waals surface area contributed by atoms with Crippen molar-refractivity contribution in [2.45, 2.75) is 38.7 Å². The number of aromatic nitrogens is 1. The first-order valence-corrected chi connectivity index (χ1v) is 8.37. The van der Waals surface area contributed by atoms with Gasteiger partial charge < -0.3 is 13.9 Å². The van der Waals surface area contributed by atoms with E-state index in [-0.39, 0.29) is 18.5 Å². The van der Waals surface area contributed by atoms with Gasteiger partial charge in [0.15, 0.2) is 10.8 Å². The minimum atomic E-state index is -0.262. The van der Waals surface area contributed by atoms with Crippen molar-refractivity contribution in [2.75, 3.05) is 13.2 Å². The van der Waals surface area contributed by atoms with Crippen LogP contribution < -0.4 is 0 Å². The number of carbonyl (C=O) groups excluding carboxylic acids is 1. The summed E-state index contributed by atoms with van der Waals surface area (Å²) in [5.74, 6) is 1.32. The highest BCUT2D eigenvalue weighted by Crippen LogP contribution is 2.25. The minimum Gasteiger partial charge on any atom is -0.463 e. The largest absolute Gasteiger partial charge is 0.463 e. The molecule has 1 atom stereocenters. The van der Waals surface area contributed by atoms with Gasteiger partial charge in [-0.2, -0.15) is 0 Å². The Labute approximate surface area is 133 Å². The fraction of sp³-hybridized carbons (Fsp3) is 0.500. The van der Waals surface area contributed by atoms with Crippen molar-refractivity contribution in [3.63, 3.8) is 0 Å². The molecule has 3 rings (SSSR count). The van der Waals surface area contributed by atoms with E-state index in [1.165, 1.54) is 11.3 Å². The lowest BCUT2D eigenvalue weighted by molar-refractivity contribution is -0.148. The van der Waals surface area contributed by atoms with E-state index in [2.05, 4.69) is 4.98 Å². The normalized spacial score (nSPS) is 18.3. The van der Waals surface area contributed by atoms with E-state index >= 15 is 0 Å². The third-order valence-corrected chi connectivity index (χ3v) is 4.44. The van der Waals surface area contributed by atoms with Crippen molar-refractivity contribution in [3.05, 3.63) is 29.0 Å². The minimum absolute atomic E-state index is 0.0507. The highest BCUT2D eigenvalue weighted by molar-refractivity contribution is 7.13. The Morgan fingerprint density at radius 3 is 3.09 bits per heavy atom. The smallest absolute Gasteiger partial charge is 0.311 e. The number of carbonyl (C=O) groups is 1. The van der Waals surface area contributed by atoms with Gasteiger partial charge in [-0.05, 0) is 38.3 Å². The molecule has 3 heterocycles. The van der Waals surface area contributed by atoms with E-state index in [4.69, 9.17) is 13.9 Å². The van der Waals surface area contributed by atoms with Crippen LogP contribution in [-0.4, -0.2) is 30.3 Å². The molecular formula is C16H19NO4S. The van der Waals surface area contributed by atoms with Gasteiger partial charge in [-0.1, -0.05) is 0 Å². The van der Waals surface area contributed by atoms with Crippen LogP contribution in [0.3, 0.4) is 0 Å². The molecule has 1 aliphatic heterocycles. The van der Waals surface area contributed by atoms with Gasteiger partial charge >= 0.3 is 5.97 Å². The van der Waals surface area contributed by atoms with Crippen molar-refractivity contribution in [2.24, 2.45) is 0 Å². The molecule has 2 aromatic rings. The van der Waals surface area contributed by atoms with Crippen LogP contribution in [0.5, 0.6) is 0 Å². The van der Waals surface area contributed by atoms with Crippen LogP contribution >= 0.6 is 11.3 Å². The molecule has 0 aliphatic carbocycles. The summed E-state index contributed by atoms with van der Waals surface area (Å²) in [5.41, 5.74) is 0.712. The van der Waals surface area contributed by atoms with Gasteiger partial charge in [0.2, 0.25) is 0 Å². The predicted octanol–water partition coefficient (Wildman–Crippen LogP) is 3.37. The Kier molecular flexibility index (Phi) is 4.90. The number of furan rings is 1. The van der Waals surface area contributed by atoms with Gasteiger partial charge in [0, 0.05) is 12.0 Å². The summed E-state index contributed by atoms with van der Waals surface area (Å²) < 4.78 is 16.4. The first-order chi connectivity index (χ1) is 10.7. The highest BCUT2D eigenvalue weighted by atomic mass is 32.1. The van der Waals surface area contributed by atoms with Crippen molar-refractivity contribution in [3.8, 4) is 10.8 Å². The van der Waals surface area contributed by atoms with Crippen molar-refractivity contribution < 1.29 is 18.7 Å². The van der Waals surface area contributed by atoms with Crippen LogP contribution in [0.1, 0.15) is 30.7 Å². The Hall–Kier alpha value is -1.66. The van der Waals surface area contributed by atoms with E-state index in [1.807, 2.05) is 24.4 Å². The molecule has 0 saturated carbocycles. The van der Waals surface area contributed by atoms with E-state index in [1.54, 1.807) is 0 Å². The van der Waals surface area contributed by atoms with Crippen LogP contribution in [0.4, 0.5) is 0 Å². The molecule has 1 fully saturated rings. The van der Waals surface area contributed by atoms with Crippen LogP contribution in [0.2, 0.25) is 0 Å². The van der Waals surface area contributed by atoms with Crippen molar-refractivity contribution in [1.82, 2.24) is 4.98 Å². The lowest BCUT2D eigenvalue weighted by atomic mass is 10.1. The summed E-state index contributed by atoms with van der Waals surface area (Å²) in [6.45, 7) is 3.00. The molecule has 6 heteroatoms. The van der Waals surface area contributed by atoms with Gasteiger partial charge in [0.05, 0.1) is 18.2 Å². The number of thiazole rings is 1.